The van der Waals surface area contributed by atoms with Gasteiger partial charge in [-0.1, -0.05) is 34.1 Å². The van der Waals surface area contributed by atoms with Crippen LogP contribution >= 0.6 is 31.9 Å². The molecule has 1 nitrogen and oxygen atoms in total. The van der Waals surface area contributed by atoms with E-state index in [9.17, 15) is 13.2 Å². The summed E-state index contributed by atoms with van der Waals surface area (Å²) in [6.07, 6.45) is 0. The molecule has 106 valence electrons. The quantitative estimate of drug-likeness (QED) is 0.591. The van der Waals surface area contributed by atoms with Crippen molar-refractivity contribution in [1.82, 2.24) is 0 Å². The van der Waals surface area contributed by atoms with Crippen molar-refractivity contribution < 1.29 is 17.9 Å². The smallest absolute Gasteiger partial charge is 0.387 e. The molecule has 0 aliphatic rings. The van der Waals surface area contributed by atoms with E-state index in [1.807, 2.05) is 0 Å². The SMILES string of the molecule is Fc1ccc(C(Br)c2ccc(OC(F)F)cc2)cc1Br. The Morgan fingerprint density at radius 3 is 2.10 bits per heavy atom. The highest BCUT2D eigenvalue weighted by Gasteiger charge is 2.13. The standard InChI is InChI=1S/C14H9Br2F3O/c15-11-7-9(3-6-12(11)17)13(16)8-1-4-10(5-2-8)20-14(18)19/h1-7,13-14H. The second-order valence-corrected chi connectivity index (χ2v) is 5.75. The minimum Gasteiger partial charge on any atom is -0.435 e. The van der Waals surface area contributed by atoms with Crippen molar-refractivity contribution in [1.29, 1.82) is 0 Å². The lowest BCUT2D eigenvalue weighted by molar-refractivity contribution is -0.0498. The highest BCUT2D eigenvalue weighted by Crippen LogP contribution is 2.33. The molecule has 0 fully saturated rings. The van der Waals surface area contributed by atoms with Crippen molar-refractivity contribution in [3.63, 3.8) is 0 Å². The molecule has 6 heteroatoms. The lowest BCUT2D eigenvalue weighted by Crippen LogP contribution is -2.02. The van der Waals surface area contributed by atoms with Crippen molar-refractivity contribution in [2.75, 3.05) is 0 Å². The first-order valence-corrected chi connectivity index (χ1v) is 7.32. The van der Waals surface area contributed by atoms with Crippen LogP contribution in [0.5, 0.6) is 5.75 Å². The molecular weight excluding hydrogens is 401 g/mol. The Morgan fingerprint density at radius 1 is 0.950 bits per heavy atom. The summed E-state index contributed by atoms with van der Waals surface area (Å²) in [6, 6.07) is 11.0. The van der Waals surface area contributed by atoms with Gasteiger partial charge in [0.15, 0.2) is 0 Å². The third-order valence-corrected chi connectivity index (χ3v) is 4.30. The predicted molar refractivity (Wildman–Crippen MR) is 77.9 cm³/mol. The highest BCUT2D eigenvalue weighted by atomic mass is 79.9. The maximum Gasteiger partial charge on any atom is 0.387 e. The topological polar surface area (TPSA) is 9.23 Å². The molecule has 2 aromatic rings. The van der Waals surface area contributed by atoms with E-state index >= 15 is 0 Å². The van der Waals surface area contributed by atoms with Gasteiger partial charge in [0, 0.05) is 0 Å². The molecule has 0 aliphatic heterocycles. The zero-order valence-electron chi connectivity index (χ0n) is 9.99. The van der Waals surface area contributed by atoms with Crippen molar-refractivity contribution in [3.05, 3.63) is 63.9 Å². The third-order valence-electron chi connectivity index (χ3n) is 2.63. The predicted octanol–water partition coefficient (Wildman–Crippen LogP) is 5.67. The Hall–Kier alpha value is -1.01. The second kappa shape index (κ2) is 6.63. The normalized spacial score (nSPS) is 12.5. The fourth-order valence-corrected chi connectivity index (χ4v) is 2.67. The number of hydrogen-bond acceptors (Lipinski definition) is 1. The van der Waals surface area contributed by atoms with Gasteiger partial charge in [0.25, 0.3) is 0 Å². The van der Waals surface area contributed by atoms with Gasteiger partial charge in [-0.3, -0.25) is 0 Å². The monoisotopic (exact) mass is 408 g/mol. The van der Waals surface area contributed by atoms with Crippen LogP contribution in [0.15, 0.2) is 46.9 Å². The van der Waals surface area contributed by atoms with Crippen LogP contribution in [0, 0.1) is 5.82 Å². The largest absolute Gasteiger partial charge is 0.435 e. The van der Waals surface area contributed by atoms with E-state index in [1.54, 1.807) is 24.3 Å². The van der Waals surface area contributed by atoms with Gasteiger partial charge in [-0.2, -0.15) is 8.78 Å². The molecule has 20 heavy (non-hydrogen) atoms. The molecule has 0 saturated carbocycles. The summed E-state index contributed by atoms with van der Waals surface area (Å²) in [7, 11) is 0. The van der Waals surface area contributed by atoms with Gasteiger partial charge in [0.1, 0.15) is 11.6 Å². The van der Waals surface area contributed by atoms with E-state index in [2.05, 4.69) is 36.6 Å². The van der Waals surface area contributed by atoms with E-state index < -0.39 is 6.61 Å². The first kappa shape index (κ1) is 15.4. The molecule has 0 radical (unpaired) electrons. The summed E-state index contributed by atoms with van der Waals surface area (Å²) in [5.74, 6) is -0.238. The van der Waals surface area contributed by atoms with Crippen LogP contribution in [-0.2, 0) is 0 Å². The van der Waals surface area contributed by atoms with E-state index in [-0.39, 0.29) is 16.4 Å². The molecular formula is C14H9Br2F3O. The first-order valence-electron chi connectivity index (χ1n) is 5.61. The molecule has 0 bridgehead atoms. The van der Waals surface area contributed by atoms with Gasteiger partial charge in [0.05, 0.1) is 9.30 Å². The van der Waals surface area contributed by atoms with Crippen molar-refractivity contribution >= 4 is 31.9 Å². The van der Waals surface area contributed by atoms with Crippen LogP contribution in [0.25, 0.3) is 0 Å². The van der Waals surface area contributed by atoms with Crippen molar-refractivity contribution in [3.8, 4) is 5.75 Å². The van der Waals surface area contributed by atoms with Crippen LogP contribution in [0.2, 0.25) is 0 Å². The fourth-order valence-electron chi connectivity index (χ4n) is 1.68. The summed E-state index contributed by atoms with van der Waals surface area (Å²) >= 11 is 6.62. The highest BCUT2D eigenvalue weighted by molar-refractivity contribution is 9.10. The molecule has 2 rings (SSSR count). The Labute approximate surface area is 131 Å². The molecule has 0 N–H and O–H groups in total. The molecule has 0 amide bonds. The van der Waals surface area contributed by atoms with E-state index in [0.717, 1.165) is 11.1 Å². The Bertz CT molecular complexity index is 587. The van der Waals surface area contributed by atoms with Crippen LogP contribution < -0.4 is 4.74 Å². The number of halogens is 5. The minimum absolute atomic E-state index is 0.101. The van der Waals surface area contributed by atoms with Crippen molar-refractivity contribution in [2.45, 2.75) is 11.4 Å². The molecule has 2 aromatic carbocycles. The molecule has 0 saturated heterocycles. The average Bonchev–Trinajstić information content (AvgIpc) is 2.41. The van der Waals surface area contributed by atoms with Crippen LogP contribution in [0.1, 0.15) is 16.0 Å². The second-order valence-electron chi connectivity index (χ2n) is 3.98. The van der Waals surface area contributed by atoms with Crippen LogP contribution in [-0.4, -0.2) is 6.61 Å². The lowest BCUT2D eigenvalue weighted by Gasteiger charge is -2.12. The molecule has 0 heterocycles. The average molecular weight is 410 g/mol. The van der Waals surface area contributed by atoms with Gasteiger partial charge in [0.2, 0.25) is 0 Å². The number of rotatable bonds is 4. The van der Waals surface area contributed by atoms with Crippen LogP contribution in [0.4, 0.5) is 13.2 Å². The van der Waals surface area contributed by atoms with E-state index in [1.165, 1.54) is 18.2 Å². The van der Waals surface area contributed by atoms with E-state index in [4.69, 9.17) is 0 Å². The molecule has 1 atom stereocenters. The number of ether oxygens (including phenoxy) is 1. The first-order chi connectivity index (χ1) is 9.47. The van der Waals surface area contributed by atoms with Crippen molar-refractivity contribution in [2.24, 2.45) is 0 Å². The summed E-state index contributed by atoms with van der Waals surface area (Å²) in [5, 5.41) is 0. The lowest BCUT2D eigenvalue weighted by atomic mass is 10.0. The fraction of sp³-hybridized carbons (Fsp3) is 0.143. The van der Waals surface area contributed by atoms with Gasteiger partial charge < -0.3 is 4.74 Å². The number of alkyl halides is 3. The number of hydrogen-bond donors (Lipinski definition) is 0. The summed E-state index contributed by atoms with van der Waals surface area (Å²) in [6.45, 7) is -2.84. The summed E-state index contributed by atoms with van der Waals surface area (Å²) < 4.78 is 42.0. The van der Waals surface area contributed by atoms with Gasteiger partial charge >= 0.3 is 6.61 Å². The Kier molecular flexibility index (Phi) is 5.10. The Balaban J connectivity index is 2.20. The maximum absolute atomic E-state index is 13.2. The molecule has 0 spiro atoms. The van der Waals surface area contributed by atoms with Gasteiger partial charge in [-0.15, -0.1) is 0 Å². The molecule has 0 aromatic heterocycles. The molecule has 1 unspecified atom stereocenters. The summed E-state index contributed by atoms with van der Waals surface area (Å²) in [4.78, 5) is -0.167. The number of benzene rings is 2. The van der Waals surface area contributed by atoms with Gasteiger partial charge in [-0.05, 0) is 51.3 Å². The molecule has 0 aliphatic carbocycles. The third kappa shape index (κ3) is 3.76. The Morgan fingerprint density at radius 2 is 1.55 bits per heavy atom. The maximum atomic E-state index is 13.2. The zero-order valence-corrected chi connectivity index (χ0v) is 13.2. The minimum atomic E-state index is -2.84. The van der Waals surface area contributed by atoms with E-state index in [0.29, 0.717) is 4.47 Å². The zero-order chi connectivity index (χ0) is 14.7. The summed E-state index contributed by atoms with van der Waals surface area (Å²) in [5.41, 5.74) is 1.70. The van der Waals surface area contributed by atoms with Crippen LogP contribution in [0.3, 0.4) is 0 Å². The van der Waals surface area contributed by atoms with Gasteiger partial charge in [-0.25, -0.2) is 4.39 Å².